The van der Waals surface area contributed by atoms with Gasteiger partial charge < -0.3 is 18.9 Å². The van der Waals surface area contributed by atoms with Crippen molar-refractivity contribution >= 4 is 18.1 Å². The van der Waals surface area contributed by atoms with Crippen LogP contribution in [-0.4, -0.2) is 32.0 Å². The van der Waals surface area contributed by atoms with Gasteiger partial charge in [0.25, 0.3) is 5.91 Å². The van der Waals surface area contributed by atoms with Crippen molar-refractivity contribution in [3.8, 4) is 23.0 Å². The van der Waals surface area contributed by atoms with E-state index in [4.69, 9.17) is 18.9 Å². The van der Waals surface area contributed by atoms with Gasteiger partial charge in [-0.2, -0.15) is 5.10 Å². The van der Waals surface area contributed by atoms with Crippen LogP contribution in [-0.2, 0) is 0 Å². The Labute approximate surface area is 182 Å². The molecule has 0 aliphatic carbocycles. The van der Waals surface area contributed by atoms with E-state index < -0.39 is 17.7 Å². The molecule has 0 atom stereocenters. The lowest BCUT2D eigenvalue weighted by Gasteiger charge is -2.10. The van der Waals surface area contributed by atoms with Crippen molar-refractivity contribution in [2.24, 2.45) is 5.10 Å². The number of hydrazone groups is 1. The molecule has 8 nitrogen and oxygen atoms in total. The smallest absolute Gasteiger partial charge is 0.343 e. The van der Waals surface area contributed by atoms with Gasteiger partial charge in [-0.25, -0.2) is 14.6 Å². The fourth-order valence-corrected chi connectivity index (χ4v) is 2.89. The Morgan fingerprint density at radius 1 is 1.00 bits per heavy atom. The molecule has 0 spiro atoms. The topological polar surface area (TPSA) is 95.5 Å². The van der Waals surface area contributed by atoms with Crippen LogP contribution in [0.4, 0.5) is 4.39 Å². The lowest BCUT2D eigenvalue weighted by Crippen LogP contribution is -2.17. The minimum absolute atomic E-state index is 0.105. The molecule has 3 aromatic carbocycles. The molecular formula is C23H17FN2O6. The Balaban J connectivity index is 1.42. The molecule has 0 fully saturated rings. The molecule has 9 heteroatoms. The maximum Gasteiger partial charge on any atom is 0.343 e. The first-order chi connectivity index (χ1) is 15.5. The van der Waals surface area contributed by atoms with Crippen molar-refractivity contribution in [3.63, 3.8) is 0 Å². The molecule has 0 aromatic heterocycles. The van der Waals surface area contributed by atoms with Crippen LogP contribution in [0.5, 0.6) is 23.0 Å². The molecule has 1 N–H and O–H groups in total. The summed E-state index contributed by atoms with van der Waals surface area (Å²) in [5.74, 6) is -0.134. The number of hydrogen-bond acceptors (Lipinski definition) is 7. The molecule has 4 rings (SSSR count). The van der Waals surface area contributed by atoms with Crippen molar-refractivity contribution in [1.82, 2.24) is 5.43 Å². The first kappa shape index (κ1) is 20.9. The van der Waals surface area contributed by atoms with Crippen LogP contribution in [0.2, 0.25) is 0 Å². The Hall–Kier alpha value is -4.40. The summed E-state index contributed by atoms with van der Waals surface area (Å²) in [5.41, 5.74) is 3.33. The van der Waals surface area contributed by atoms with Crippen molar-refractivity contribution in [2.75, 3.05) is 13.9 Å². The summed E-state index contributed by atoms with van der Waals surface area (Å²) in [4.78, 5) is 24.5. The normalized spacial score (nSPS) is 11.9. The quantitative estimate of drug-likeness (QED) is 0.275. The minimum Gasteiger partial charge on any atom is -0.493 e. The molecule has 1 amide bonds. The molecule has 0 bridgehead atoms. The van der Waals surface area contributed by atoms with Gasteiger partial charge in [-0.1, -0.05) is 6.07 Å². The number of nitrogens with zero attached hydrogens (tertiary/aromatic N) is 1. The van der Waals surface area contributed by atoms with Crippen LogP contribution in [0.3, 0.4) is 0 Å². The fourth-order valence-electron chi connectivity index (χ4n) is 2.89. The Morgan fingerprint density at radius 2 is 1.84 bits per heavy atom. The third kappa shape index (κ3) is 4.67. The minimum atomic E-state index is -0.592. The number of rotatable bonds is 6. The van der Waals surface area contributed by atoms with Gasteiger partial charge in [-0.15, -0.1) is 0 Å². The predicted octanol–water partition coefficient (Wildman–Crippen LogP) is 3.55. The van der Waals surface area contributed by atoms with E-state index in [1.807, 2.05) is 0 Å². The Morgan fingerprint density at radius 3 is 2.66 bits per heavy atom. The number of carbonyl (C=O) groups is 2. The van der Waals surface area contributed by atoms with Gasteiger partial charge in [0.2, 0.25) is 6.79 Å². The second-order valence-electron chi connectivity index (χ2n) is 6.58. The van der Waals surface area contributed by atoms with E-state index in [1.54, 1.807) is 36.4 Å². The molecule has 32 heavy (non-hydrogen) atoms. The number of ether oxygens (including phenoxy) is 4. The summed E-state index contributed by atoms with van der Waals surface area (Å²) in [6.45, 7) is 0.105. The molecule has 0 unspecified atom stereocenters. The van der Waals surface area contributed by atoms with Crippen LogP contribution in [0, 0.1) is 5.82 Å². The first-order valence-electron chi connectivity index (χ1n) is 9.42. The molecular weight excluding hydrogens is 419 g/mol. The number of carbonyl (C=O) groups excluding carboxylic acids is 2. The van der Waals surface area contributed by atoms with Crippen molar-refractivity contribution < 1.29 is 32.9 Å². The summed E-state index contributed by atoms with van der Waals surface area (Å²) < 4.78 is 34.4. The maximum atomic E-state index is 13.2. The number of benzene rings is 3. The SMILES string of the molecule is COc1cc(/C=N/NC(=O)c2cccc(F)c2)ccc1OC(=O)c1ccc2c(c1)OCO2. The van der Waals surface area contributed by atoms with Gasteiger partial charge >= 0.3 is 5.97 Å². The molecule has 1 aliphatic heterocycles. The largest absolute Gasteiger partial charge is 0.493 e. The molecule has 0 radical (unpaired) electrons. The van der Waals surface area contributed by atoms with Gasteiger partial charge in [-0.3, -0.25) is 4.79 Å². The number of esters is 1. The number of fused-ring (bicyclic) bond motifs is 1. The lowest BCUT2D eigenvalue weighted by atomic mass is 10.2. The van der Waals surface area contributed by atoms with E-state index in [1.165, 1.54) is 31.5 Å². The summed E-state index contributed by atoms with van der Waals surface area (Å²) in [5, 5.41) is 3.86. The zero-order valence-electron chi connectivity index (χ0n) is 16.8. The van der Waals surface area contributed by atoms with E-state index >= 15 is 0 Å². The highest BCUT2D eigenvalue weighted by atomic mass is 19.1. The molecule has 0 saturated carbocycles. The summed E-state index contributed by atoms with van der Waals surface area (Å²) >= 11 is 0. The monoisotopic (exact) mass is 436 g/mol. The van der Waals surface area contributed by atoms with Crippen LogP contribution < -0.4 is 24.4 Å². The van der Waals surface area contributed by atoms with Gasteiger partial charge in [-0.05, 0) is 60.2 Å². The van der Waals surface area contributed by atoms with E-state index in [-0.39, 0.29) is 18.1 Å². The number of nitrogens with one attached hydrogen (secondary N) is 1. The highest BCUT2D eigenvalue weighted by molar-refractivity contribution is 5.95. The third-order valence-electron chi connectivity index (χ3n) is 4.47. The zero-order valence-corrected chi connectivity index (χ0v) is 16.8. The zero-order chi connectivity index (χ0) is 22.5. The van der Waals surface area contributed by atoms with E-state index in [0.717, 1.165) is 6.07 Å². The summed E-state index contributed by atoms with van der Waals surface area (Å²) in [7, 11) is 1.43. The average Bonchev–Trinajstić information content (AvgIpc) is 3.27. The molecule has 1 aliphatic rings. The van der Waals surface area contributed by atoms with E-state index in [9.17, 15) is 14.0 Å². The lowest BCUT2D eigenvalue weighted by molar-refractivity contribution is 0.0729. The maximum absolute atomic E-state index is 13.2. The number of hydrogen-bond donors (Lipinski definition) is 1. The van der Waals surface area contributed by atoms with Gasteiger partial charge in [0, 0.05) is 5.56 Å². The van der Waals surface area contributed by atoms with Crippen LogP contribution >= 0.6 is 0 Å². The summed E-state index contributed by atoms with van der Waals surface area (Å²) in [6, 6.07) is 14.8. The van der Waals surface area contributed by atoms with Gasteiger partial charge in [0.1, 0.15) is 5.82 Å². The number of methoxy groups -OCH3 is 1. The van der Waals surface area contributed by atoms with Crippen LogP contribution in [0.15, 0.2) is 65.8 Å². The fraction of sp³-hybridized carbons (Fsp3) is 0.0870. The van der Waals surface area contributed by atoms with Crippen molar-refractivity contribution in [1.29, 1.82) is 0 Å². The Bertz CT molecular complexity index is 1210. The Kier molecular flexibility index (Phi) is 5.98. The predicted molar refractivity (Wildman–Crippen MR) is 112 cm³/mol. The highest BCUT2D eigenvalue weighted by Crippen LogP contribution is 2.33. The number of halogens is 1. The molecule has 3 aromatic rings. The van der Waals surface area contributed by atoms with Gasteiger partial charge in [0.15, 0.2) is 23.0 Å². The standard InChI is InChI=1S/C23H17FN2O6/c1-29-20-9-14(12-25-26-22(27)15-3-2-4-17(24)10-15)5-7-19(20)32-23(28)16-6-8-18-21(11-16)31-13-30-18/h2-12H,13H2,1H3,(H,26,27)/b25-12+. The van der Waals surface area contributed by atoms with Crippen LogP contribution in [0.25, 0.3) is 0 Å². The van der Waals surface area contributed by atoms with Crippen LogP contribution in [0.1, 0.15) is 26.3 Å². The third-order valence-corrected chi connectivity index (χ3v) is 4.47. The molecule has 1 heterocycles. The van der Waals surface area contributed by atoms with Crippen molar-refractivity contribution in [2.45, 2.75) is 0 Å². The van der Waals surface area contributed by atoms with E-state index in [0.29, 0.717) is 28.4 Å². The van der Waals surface area contributed by atoms with Gasteiger partial charge in [0.05, 0.1) is 18.9 Å². The van der Waals surface area contributed by atoms with Crippen molar-refractivity contribution in [3.05, 3.63) is 83.2 Å². The average molecular weight is 436 g/mol. The second-order valence-corrected chi connectivity index (χ2v) is 6.58. The second kappa shape index (κ2) is 9.17. The first-order valence-corrected chi connectivity index (χ1v) is 9.42. The highest BCUT2D eigenvalue weighted by Gasteiger charge is 2.18. The summed E-state index contributed by atoms with van der Waals surface area (Å²) in [6.07, 6.45) is 1.38. The molecule has 0 saturated heterocycles. The number of amides is 1. The molecule has 162 valence electrons. The van der Waals surface area contributed by atoms with E-state index in [2.05, 4.69) is 10.5 Å².